The molecular weight excluding hydrogens is 378 g/mol. The van der Waals surface area contributed by atoms with Gasteiger partial charge in [0.15, 0.2) is 0 Å². The van der Waals surface area contributed by atoms with Gasteiger partial charge < -0.3 is 14.8 Å². The Morgan fingerprint density at radius 2 is 1.82 bits per heavy atom. The second-order valence-electron chi connectivity index (χ2n) is 8.11. The molecule has 158 valence electrons. The van der Waals surface area contributed by atoms with E-state index in [1.54, 1.807) is 6.92 Å². The maximum atomic E-state index is 12.3. The fourth-order valence-corrected chi connectivity index (χ4v) is 4.09. The number of carbonyl (C=O) groups excluding carboxylic acids is 3. The molecule has 1 N–H and O–H groups in total. The van der Waals surface area contributed by atoms with Gasteiger partial charge in [-0.1, -0.05) is 27.7 Å². The third-order valence-corrected chi connectivity index (χ3v) is 5.45. The molecule has 0 fully saturated rings. The van der Waals surface area contributed by atoms with Gasteiger partial charge in [-0.05, 0) is 43.6 Å². The average molecular weight is 412 g/mol. The van der Waals surface area contributed by atoms with Gasteiger partial charge in [-0.15, -0.1) is 11.3 Å². The van der Waals surface area contributed by atoms with E-state index < -0.39 is 5.97 Å². The topological polar surface area (TPSA) is 81.7 Å². The molecule has 0 aliphatic carbocycles. The Morgan fingerprint density at radius 3 is 2.39 bits per heavy atom. The maximum absolute atomic E-state index is 12.3. The van der Waals surface area contributed by atoms with Gasteiger partial charge in [-0.3, -0.25) is 9.59 Å². The Kier molecular flexibility index (Phi) is 9.65. The lowest BCUT2D eigenvalue weighted by atomic mass is 9.85. The number of ether oxygens (including phenoxy) is 2. The van der Waals surface area contributed by atoms with Crippen LogP contribution in [0.25, 0.3) is 0 Å². The number of carbonyl (C=O) groups is 3. The third-order valence-electron chi connectivity index (χ3n) is 4.17. The summed E-state index contributed by atoms with van der Waals surface area (Å²) in [6, 6.07) is 1.84. The number of hydrogen-bond acceptors (Lipinski definition) is 6. The van der Waals surface area contributed by atoms with Crippen LogP contribution in [0, 0.1) is 5.41 Å². The third kappa shape index (κ3) is 8.42. The zero-order valence-electron chi connectivity index (χ0n) is 17.8. The molecule has 0 aromatic carbocycles. The predicted octanol–water partition coefficient (Wildman–Crippen LogP) is 5.14. The highest BCUT2D eigenvalue weighted by molar-refractivity contribution is 7.16. The summed E-state index contributed by atoms with van der Waals surface area (Å²) in [5.74, 6) is -0.606. The molecule has 1 heterocycles. The fraction of sp³-hybridized carbons (Fsp3) is 0.667. The Hall–Kier alpha value is -1.89. The summed E-state index contributed by atoms with van der Waals surface area (Å²) in [6.45, 7) is 10.7. The van der Waals surface area contributed by atoms with Crippen LogP contribution in [0.15, 0.2) is 6.07 Å². The van der Waals surface area contributed by atoms with Crippen molar-refractivity contribution >= 4 is 34.2 Å². The summed E-state index contributed by atoms with van der Waals surface area (Å²) in [5.41, 5.74) is 0.571. The van der Waals surface area contributed by atoms with Crippen LogP contribution < -0.4 is 5.32 Å². The van der Waals surface area contributed by atoms with Gasteiger partial charge in [0.05, 0.1) is 19.3 Å². The van der Waals surface area contributed by atoms with Gasteiger partial charge in [-0.2, -0.15) is 0 Å². The summed E-state index contributed by atoms with van der Waals surface area (Å²) >= 11 is 1.43. The van der Waals surface area contributed by atoms with Crippen LogP contribution in [-0.2, 0) is 19.1 Å². The minimum Gasteiger partial charge on any atom is -0.469 e. The molecule has 6 nitrogen and oxygen atoms in total. The first-order chi connectivity index (χ1) is 13.1. The minimum atomic E-state index is -0.422. The zero-order valence-corrected chi connectivity index (χ0v) is 18.7. The van der Waals surface area contributed by atoms with E-state index in [4.69, 9.17) is 4.74 Å². The number of thiophene rings is 1. The smallest absolute Gasteiger partial charge is 0.341 e. The number of esters is 2. The molecule has 7 heteroatoms. The summed E-state index contributed by atoms with van der Waals surface area (Å²) < 4.78 is 9.73. The number of rotatable bonds is 10. The number of amides is 1. The van der Waals surface area contributed by atoms with Crippen LogP contribution >= 0.6 is 11.3 Å². The standard InChI is InChI=1S/C21H33NO5S/c1-7-27-20(25)15-12-16(14(2)13-21(3,4)5)28-19(15)22-17(23)10-8-9-11-18(24)26-6/h12,14H,7-11,13H2,1-6H3,(H,22,23)/t14-/m0/s1. The number of anilines is 1. The van der Waals surface area contributed by atoms with Gasteiger partial charge in [0, 0.05) is 17.7 Å². The maximum Gasteiger partial charge on any atom is 0.341 e. The van der Waals surface area contributed by atoms with Gasteiger partial charge in [-0.25, -0.2) is 4.79 Å². The largest absolute Gasteiger partial charge is 0.469 e. The highest BCUT2D eigenvalue weighted by atomic mass is 32.1. The van der Waals surface area contributed by atoms with Crippen LogP contribution in [0.3, 0.4) is 0 Å². The lowest BCUT2D eigenvalue weighted by Gasteiger charge is -2.22. The summed E-state index contributed by atoms with van der Waals surface area (Å²) in [4.78, 5) is 36.8. The van der Waals surface area contributed by atoms with Crippen molar-refractivity contribution in [3.05, 3.63) is 16.5 Å². The average Bonchev–Trinajstić information content (AvgIpc) is 3.01. The van der Waals surface area contributed by atoms with Gasteiger partial charge in [0.1, 0.15) is 5.00 Å². The molecule has 1 aromatic rings. The van der Waals surface area contributed by atoms with Gasteiger partial charge in [0.2, 0.25) is 5.91 Å². The lowest BCUT2D eigenvalue weighted by molar-refractivity contribution is -0.140. The van der Waals surface area contributed by atoms with Crippen molar-refractivity contribution in [3.63, 3.8) is 0 Å². The number of methoxy groups -OCH3 is 1. The molecular formula is C21H33NO5S. The second kappa shape index (κ2) is 11.2. The van der Waals surface area contributed by atoms with E-state index in [9.17, 15) is 14.4 Å². The highest BCUT2D eigenvalue weighted by Crippen LogP contribution is 2.38. The molecule has 1 amide bonds. The van der Waals surface area contributed by atoms with Crippen molar-refractivity contribution < 1.29 is 23.9 Å². The van der Waals surface area contributed by atoms with E-state index >= 15 is 0 Å². The Labute approximate surface area is 172 Å². The minimum absolute atomic E-state index is 0.163. The Balaban J connectivity index is 2.82. The molecule has 1 rings (SSSR count). The first-order valence-electron chi connectivity index (χ1n) is 9.75. The molecule has 1 aromatic heterocycles. The first-order valence-corrected chi connectivity index (χ1v) is 10.6. The van der Waals surface area contributed by atoms with Crippen LogP contribution in [0.4, 0.5) is 5.00 Å². The van der Waals surface area contributed by atoms with Gasteiger partial charge >= 0.3 is 11.9 Å². The van der Waals surface area contributed by atoms with Crippen molar-refractivity contribution in [1.29, 1.82) is 0 Å². The summed E-state index contributed by atoms with van der Waals surface area (Å²) in [5, 5.41) is 3.39. The molecule has 0 spiro atoms. The molecule has 0 bridgehead atoms. The van der Waals surface area contributed by atoms with E-state index in [2.05, 4.69) is 37.7 Å². The SMILES string of the molecule is CCOC(=O)c1cc([C@@H](C)CC(C)(C)C)sc1NC(=O)CCCCC(=O)OC. The second-order valence-corrected chi connectivity index (χ2v) is 9.19. The van der Waals surface area contributed by atoms with Crippen molar-refractivity contribution in [1.82, 2.24) is 0 Å². The predicted molar refractivity (Wildman–Crippen MR) is 112 cm³/mol. The monoisotopic (exact) mass is 411 g/mol. The van der Waals surface area contributed by atoms with Crippen molar-refractivity contribution in [2.45, 2.75) is 72.6 Å². The Morgan fingerprint density at radius 1 is 1.18 bits per heavy atom. The number of unbranched alkanes of at least 4 members (excludes halogenated alkanes) is 1. The molecule has 1 atom stereocenters. The van der Waals surface area contributed by atoms with E-state index in [1.165, 1.54) is 18.4 Å². The van der Waals surface area contributed by atoms with Crippen LogP contribution in [0.2, 0.25) is 0 Å². The zero-order chi connectivity index (χ0) is 21.3. The molecule has 0 saturated carbocycles. The van der Waals surface area contributed by atoms with Crippen LogP contribution in [0.1, 0.15) is 87.9 Å². The van der Waals surface area contributed by atoms with E-state index in [-0.39, 0.29) is 36.2 Å². The highest BCUT2D eigenvalue weighted by Gasteiger charge is 2.24. The van der Waals surface area contributed by atoms with Crippen LogP contribution in [0.5, 0.6) is 0 Å². The Bertz CT molecular complexity index is 675. The van der Waals surface area contributed by atoms with Crippen molar-refractivity contribution in [3.8, 4) is 0 Å². The lowest BCUT2D eigenvalue weighted by Crippen LogP contribution is -2.14. The molecule has 0 aliphatic rings. The number of hydrogen-bond donors (Lipinski definition) is 1. The fourth-order valence-electron chi connectivity index (χ4n) is 2.97. The van der Waals surface area contributed by atoms with Crippen molar-refractivity contribution in [2.75, 3.05) is 19.0 Å². The normalized spacial score (nSPS) is 12.4. The first kappa shape index (κ1) is 24.1. The van der Waals surface area contributed by atoms with E-state index in [1.807, 2.05) is 6.07 Å². The van der Waals surface area contributed by atoms with E-state index in [0.717, 1.165) is 11.3 Å². The quantitative estimate of drug-likeness (QED) is 0.426. The summed E-state index contributed by atoms with van der Waals surface area (Å²) in [6.07, 6.45) is 2.71. The molecule has 28 heavy (non-hydrogen) atoms. The molecule has 0 radical (unpaired) electrons. The molecule has 0 aliphatic heterocycles. The van der Waals surface area contributed by atoms with Crippen LogP contribution in [-0.4, -0.2) is 31.6 Å². The summed E-state index contributed by atoms with van der Waals surface area (Å²) in [7, 11) is 1.35. The van der Waals surface area contributed by atoms with Crippen molar-refractivity contribution in [2.24, 2.45) is 5.41 Å². The molecule has 0 unspecified atom stereocenters. The molecule has 0 saturated heterocycles. The van der Waals surface area contributed by atoms with Gasteiger partial charge in [0.25, 0.3) is 0 Å². The van der Waals surface area contributed by atoms with E-state index in [0.29, 0.717) is 29.8 Å². The number of nitrogens with one attached hydrogen (secondary N) is 1.